The van der Waals surface area contributed by atoms with E-state index in [4.69, 9.17) is 4.74 Å². The van der Waals surface area contributed by atoms with Gasteiger partial charge < -0.3 is 9.64 Å². The Hall–Kier alpha value is -1.74. The van der Waals surface area contributed by atoms with E-state index in [2.05, 4.69) is 11.4 Å². The molecule has 146 valence electrons. The summed E-state index contributed by atoms with van der Waals surface area (Å²) in [6.45, 7) is 0.810. The molecule has 0 radical (unpaired) electrons. The summed E-state index contributed by atoms with van der Waals surface area (Å²) in [7, 11) is -1.98. The molecule has 2 aromatic rings. The van der Waals surface area contributed by atoms with Gasteiger partial charge in [-0.15, -0.1) is 11.3 Å². The van der Waals surface area contributed by atoms with E-state index in [1.807, 2.05) is 30.3 Å². The van der Waals surface area contributed by atoms with Gasteiger partial charge in [-0.25, -0.2) is 8.42 Å². The molecule has 1 aromatic carbocycles. The fourth-order valence-electron chi connectivity index (χ4n) is 3.38. The van der Waals surface area contributed by atoms with Crippen molar-refractivity contribution in [1.29, 1.82) is 0 Å². The van der Waals surface area contributed by atoms with Crippen molar-refractivity contribution in [3.8, 4) is 0 Å². The summed E-state index contributed by atoms with van der Waals surface area (Å²) in [6, 6.07) is 11.8. The quantitative estimate of drug-likeness (QED) is 0.704. The van der Waals surface area contributed by atoms with E-state index >= 15 is 0 Å². The molecule has 0 fully saturated rings. The Morgan fingerprint density at radius 3 is 2.70 bits per heavy atom. The predicted molar refractivity (Wildman–Crippen MR) is 106 cm³/mol. The van der Waals surface area contributed by atoms with Gasteiger partial charge in [0.05, 0.1) is 25.4 Å². The van der Waals surface area contributed by atoms with Crippen LogP contribution in [0.25, 0.3) is 0 Å². The van der Waals surface area contributed by atoms with Crippen molar-refractivity contribution in [3.05, 3.63) is 57.8 Å². The van der Waals surface area contributed by atoms with Crippen molar-refractivity contribution >= 4 is 27.3 Å². The van der Waals surface area contributed by atoms with Crippen LogP contribution in [0.3, 0.4) is 0 Å². The third-order valence-corrected chi connectivity index (χ3v) is 6.97. The lowest BCUT2D eigenvalue weighted by atomic mass is 9.93. The number of nitrogens with zero attached hydrogens (tertiary/aromatic N) is 2. The molecule has 1 amide bonds. The van der Waals surface area contributed by atoms with Crippen LogP contribution in [0.2, 0.25) is 0 Å². The van der Waals surface area contributed by atoms with Gasteiger partial charge in [-0.1, -0.05) is 30.3 Å². The second kappa shape index (κ2) is 8.52. The number of hydrogen-bond acceptors (Lipinski definition) is 5. The van der Waals surface area contributed by atoms with Gasteiger partial charge >= 0.3 is 0 Å². The van der Waals surface area contributed by atoms with Gasteiger partial charge in [0.1, 0.15) is 0 Å². The minimum atomic E-state index is -3.49. The van der Waals surface area contributed by atoms with E-state index in [0.29, 0.717) is 6.54 Å². The number of carbonyl (C=O) groups excluding carboxylic acids is 1. The lowest BCUT2D eigenvalue weighted by molar-refractivity contribution is -0.133. The summed E-state index contributed by atoms with van der Waals surface area (Å²) in [5.41, 5.74) is 2.17. The minimum Gasteiger partial charge on any atom is -0.383 e. The van der Waals surface area contributed by atoms with Crippen LogP contribution >= 0.6 is 11.3 Å². The molecule has 1 aliphatic rings. The molecule has 1 aromatic heterocycles. The van der Waals surface area contributed by atoms with Gasteiger partial charge in [-0.2, -0.15) is 4.31 Å². The molecular weight excluding hydrogens is 384 g/mol. The largest absolute Gasteiger partial charge is 0.383 e. The average molecular weight is 409 g/mol. The Balaban J connectivity index is 1.88. The summed E-state index contributed by atoms with van der Waals surface area (Å²) in [5.74, 6) is -0.192. The molecule has 3 rings (SSSR count). The third kappa shape index (κ3) is 4.57. The Bertz CT molecular complexity index is 880. The molecule has 27 heavy (non-hydrogen) atoms. The number of methoxy groups -OCH3 is 1. The topological polar surface area (TPSA) is 66.9 Å². The van der Waals surface area contributed by atoms with Gasteiger partial charge in [0.2, 0.25) is 15.9 Å². The van der Waals surface area contributed by atoms with Crippen molar-refractivity contribution in [2.24, 2.45) is 0 Å². The molecular formula is C19H24N2O4S2. The second-order valence-electron chi connectivity index (χ2n) is 6.54. The molecule has 0 N–H and O–H groups in total. The molecule has 8 heteroatoms. The predicted octanol–water partition coefficient (Wildman–Crippen LogP) is 2.13. The van der Waals surface area contributed by atoms with Gasteiger partial charge in [-0.05, 0) is 29.0 Å². The highest BCUT2D eigenvalue weighted by atomic mass is 32.2. The summed E-state index contributed by atoms with van der Waals surface area (Å²) < 4.78 is 30.3. The first kappa shape index (κ1) is 20.0. The first-order valence-corrected chi connectivity index (χ1v) is 11.5. The van der Waals surface area contributed by atoms with Crippen molar-refractivity contribution in [3.63, 3.8) is 0 Å². The maximum atomic E-state index is 13.1. The standard InChI is InChI=1S/C19H24N2O4S2/c1-25-12-11-20(27(2,23)24)14-18(22)21-10-8-17-16(9-13-26-17)19(21)15-6-4-3-5-7-15/h3-7,9,13,19H,8,10-12,14H2,1-2H3. The number of rotatable bonds is 7. The molecule has 1 aliphatic heterocycles. The number of carbonyl (C=O) groups is 1. The highest BCUT2D eigenvalue weighted by molar-refractivity contribution is 7.88. The molecule has 1 unspecified atom stereocenters. The molecule has 0 saturated carbocycles. The first-order valence-electron chi connectivity index (χ1n) is 8.76. The van der Waals surface area contributed by atoms with E-state index in [0.717, 1.165) is 23.8 Å². The smallest absolute Gasteiger partial charge is 0.238 e. The van der Waals surface area contributed by atoms with Crippen molar-refractivity contribution < 1.29 is 17.9 Å². The molecule has 0 saturated heterocycles. The van der Waals surface area contributed by atoms with Crippen LogP contribution in [0.5, 0.6) is 0 Å². The first-order chi connectivity index (χ1) is 12.9. The van der Waals surface area contributed by atoms with Crippen LogP contribution in [-0.2, 0) is 26.0 Å². The average Bonchev–Trinajstić information content (AvgIpc) is 3.12. The fourth-order valence-corrected chi connectivity index (χ4v) is 5.03. The summed E-state index contributed by atoms with van der Waals surface area (Å²) in [6.07, 6.45) is 1.91. The maximum Gasteiger partial charge on any atom is 0.238 e. The summed E-state index contributed by atoms with van der Waals surface area (Å²) in [4.78, 5) is 16.2. The Labute approximate surface area is 164 Å². The van der Waals surface area contributed by atoms with Crippen molar-refractivity contribution in [2.75, 3.05) is 39.6 Å². The van der Waals surface area contributed by atoms with Gasteiger partial charge in [-0.3, -0.25) is 4.79 Å². The molecule has 0 spiro atoms. The van der Waals surface area contributed by atoms with Crippen LogP contribution in [0.15, 0.2) is 41.8 Å². The number of hydrogen-bond donors (Lipinski definition) is 0. The van der Waals surface area contributed by atoms with E-state index in [9.17, 15) is 13.2 Å². The zero-order chi connectivity index (χ0) is 19.4. The van der Waals surface area contributed by atoms with E-state index in [-0.39, 0.29) is 31.6 Å². The molecule has 1 atom stereocenters. The van der Waals surface area contributed by atoms with Crippen LogP contribution in [-0.4, -0.2) is 63.1 Å². The highest BCUT2D eigenvalue weighted by Gasteiger charge is 2.34. The highest BCUT2D eigenvalue weighted by Crippen LogP contribution is 2.37. The third-order valence-electron chi connectivity index (χ3n) is 4.73. The summed E-state index contributed by atoms with van der Waals surface area (Å²) >= 11 is 1.71. The SMILES string of the molecule is COCCN(CC(=O)N1CCc2sccc2C1c1ccccc1)S(C)(=O)=O. The monoisotopic (exact) mass is 408 g/mol. The van der Waals surface area contributed by atoms with Crippen molar-refractivity contribution in [1.82, 2.24) is 9.21 Å². The number of sulfonamides is 1. The lowest BCUT2D eigenvalue weighted by Gasteiger charge is -2.37. The minimum absolute atomic E-state index is 0.161. The van der Waals surface area contributed by atoms with E-state index in [1.54, 1.807) is 16.2 Å². The molecule has 0 aliphatic carbocycles. The number of thiophene rings is 1. The van der Waals surface area contributed by atoms with Gasteiger partial charge in [0, 0.05) is 25.1 Å². The number of amides is 1. The fraction of sp³-hybridized carbons (Fsp3) is 0.421. The maximum absolute atomic E-state index is 13.1. The van der Waals surface area contributed by atoms with Crippen LogP contribution in [0.1, 0.15) is 22.0 Å². The number of ether oxygens (including phenoxy) is 1. The Morgan fingerprint density at radius 1 is 1.30 bits per heavy atom. The van der Waals surface area contributed by atoms with Crippen LogP contribution < -0.4 is 0 Å². The molecule has 2 heterocycles. The molecule has 6 nitrogen and oxygen atoms in total. The van der Waals surface area contributed by atoms with Crippen LogP contribution in [0.4, 0.5) is 0 Å². The zero-order valence-electron chi connectivity index (χ0n) is 15.5. The van der Waals surface area contributed by atoms with Gasteiger partial charge in [0.15, 0.2) is 0 Å². The van der Waals surface area contributed by atoms with Crippen LogP contribution in [0, 0.1) is 0 Å². The Kier molecular flexibility index (Phi) is 6.31. The second-order valence-corrected chi connectivity index (χ2v) is 9.52. The normalized spacial score (nSPS) is 17.1. The van der Waals surface area contributed by atoms with Crippen molar-refractivity contribution in [2.45, 2.75) is 12.5 Å². The van der Waals surface area contributed by atoms with E-state index < -0.39 is 10.0 Å². The number of fused-ring (bicyclic) bond motifs is 1. The van der Waals surface area contributed by atoms with Gasteiger partial charge in [0.25, 0.3) is 0 Å². The molecule has 0 bridgehead atoms. The summed E-state index contributed by atoms with van der Waals surface area (Å²) in [5, 5.41) is 2.05. The zero-order valence-corrected chi connectivity index (χ0v) is 17.1. The number of benzene rings is 1. The van der Waals surface area contributed by atoms with E-state index in [1.165, 1.54) is 16.3 Å². The lowest BCUT2D eigenvalue weighted by Crippen LogP contribution is -2.47. The Morgan fingerprint density at radius 2 is 2.04 bits per heavy atom.